The number of rotatable bonds is 37. The predicted octanol–water partition coefficient (Wildman–Crippen LogP) is 10.4. The van der Waals surface area contributed by atoms with Crippen molar-refractivity contribution in [2.24, 2.45) is 0 Å². The molecule has 1 N–H and O–H groups in total. The number of carbonyl (C=O) groups is 2. The Morgan fingerprint density at radius 2 is 1.18 bits per heavy atom. The lowest BCUT2D eigenvalue weighted by atomic mass is 10.1. The van der Waals surface area contributed by atoms with Gasteiger partial charge in [-0.25, -0.2) is 0 Å². The SMILES string of the molecule is CCCCC/C=C\C/C=C\C/C=C\CCCCC(=O)O[C@H](COC(=O)CCC/C=C\C/C=C\C=C\[C@H](O)C/C=C\CCCCC)COP(=O)([O-])OCC[N+](C)(C)C. The number of unbranched alkanes of at least 4 members (excludes halogenated alkanes) is 9. The van der Waals surface area contributed by atoms with E-state index in [0.717, 1.165) is 44.9 Å². The molecule has 0 aliphatic rings. The summed E-state index contributed by atoms with van der Waals surface area (Å²) in [6.07, 6.45) is 43.6. The highest BCUT2D eigenvalue weighted by Gasteiger charge is 2.21. The molecule has 0 aromatic rings. The third kappa shape index (κ3) is 41.1. The third-order valence-corrected chi connectivity index (χ3v) is 9.43. The maximum atomic E-state index is 12.6. The number of hydrogen-bond donors (Lipinski definition) is 1. The Bertz CT molecular complexity index is 1260. The second-order valence-corrected chi connectivity index (χ2v) is 16.6. The zero-order valence-electron chi connectivity index (χ0n) is 36.1. The lowest BCUT2D eigenvalue weighted by molar-refractivity contribution is -0.870. The molecule has 0 radical (unpaired) electrons. The number of phosphoric acid groups is 1. The third-order valence-electron chi connectivity index (χ3n) is 8.47. The highest BCUT2D eigenvalue weighted by molar-refractivity contribution is 7.45. The molecule has 3 atom stereocenters. The minimum atomic E-state index is -4.67. The molecule has 1 unspecified atom stereocenters. The summed E-state index contributed by atoms with van der Waals surface area (Å²) in [4.78, 5) is 37.5. The molecule has 0 aromatic heterocycles. The van der Waals surface area contributed by atoms with Gasteiger partial charge in [0.15, 0.2) is 6.10 Å². The molecule has 326 valence electrons. The minimum absolute atomic E-state index is 0.0612. The number of ether oxygens (including phenoxy) is 2. The fourth-order valence-electron chi connectivity index (χ4n) is 5.03. The topological polar surface area (TPSA) is 131 Å². The van der Waals surface area contributed by atoms with E-state index < -0.39 is 38.6 Å². The molecule has 0 heterocycles. The first-order valence-electron chi connectivity index (χ1n) is 21.4. The molecule has 0 saturated carbocycles. The van der Waals surface area contributed by atoms with Crippen LogP contribution in [0.3, 0.4) is 0 Å². The van der Waals surface area contributed by atoms with Crippen LogP contribution in [0.1, 0.15) is 136 Å². The van der Waals surface area contributed by atoms with Crippen molar-refractivity contribution in [3.8, 4) is 0 Å². The van der Waals surface area contributed by atoms with Crippen molar-refractivity contribution in [1.29, 1.82) is 0 Å². The Labute approximate surface area is 346 Å². The molecule has 0 aliphatic carbocycles. The monoisotopic (exact) mass is 820 g/mol. The Kier molecular flexibility index (Phi) is 35.6. The molecule has 57 heavy (non-hydrogen) atoms. The maximum Gasteiger partial charge on any atom is 0.306 e. The molecule has 0 bridgehead atoms. The maximum absolute atomic E-state index is 12.6. The van der Waals surface area contributed by atoms with Gasteiger partial charge in [0.2, 0.25) is 0 Å². The number of esters is 2. The van der Waals surface area contributed by atoms with Crippen molar-refractivity contribution in [3.05, 3.63) is 85.1 Å². The van der Waals surface area contributed by atoms with E-state index in [1.165, 1.54) is 38.5 Å². The van der Waals surface area contributed by atoms with Crippen molar-refractivity contribution in [2.45, 2.75) is 148 Å². The van der Waals surface area contributed by atoms with Crippen LogP contribution in [0.4, 0.5) is 0 Å². The van der Waals surface area contributed by atoms with Crippen molar-refractivity contribution in [3.63, 3.8) is 0 Å². The smallest absolute Gasteiger partial charge is 0.306 e. The van der Waals surface area contributed by atoms with Gasteiger partial charge >= 0.3 is 11.9 Å². The largest absolute Gasteiger partial charge is 0.756 e. The number of quaternary nitrogens is 1. The average molecular weight is 820 g/mol. The Morgan fingerprint density at radius 3 is 1.77 bits per heavy atom. The van der Waals surface area contributed by atoms with Crippen molar-refractivity contribution < 1.29 is 47.2 Å². The number of allylic oxidation sites excluding steroid dienone is 12. The van der Waals surface area contributed by atoms with Crippen LogP contribution in [0.25, 0.3) is 0 Å². The van der Waals surface area contributed by atoms with E-state index in [1.807, 2.05) is 57.6 Å². The van der Waals surface area contributed by atoms with Gasteiger partial charge in [-0.1, -0.05) is 125 Å². The summed E-state index contributed by atoms with van der Waals surface area (Å²) in [5.41, 5.74) is 0. The number of nitrogens with zero attached hydrogens (tertiary/aromatic N) is 1. The molecular formula is C46H78NO9P. The van der Waals surface area contributed by atoms with E-state index in [2.05, 4.69) is 56.4 Å². The summed E-state index contributed by atoms with van der Waals surface area (Å²) in [6, 6.07) is 0. The number of hydrogen-bond acceptors (Lipinski definition) is 9. The van der Waals surface area contributed by atoms with Crippen LogP contribution in [-0.4, -0.2) is 81.2 Å². The fourth-order valence-corrected chi connectivity index (χ4v) is 5.76. The number of carbonyl (C=O) groups excluding carboxylic acids is 2. The molecule has 0 aliphatic heterocycles. The van der Waals surface area contributed by atoms with Crippen LogP contribution in [0.15, 0.2) is 85.1 Å². The number of phosphoric ester groups is 1. The van der Waals surface area contributed by atoms with Crippen molar-refractivity contribution >= 4 is 19.8 Å². The molecule has 0 rings (SSSR count). The molecule has 0 spiro atoms. The van der Waals surface area contributed by atoms with E-state index in [9.17, 15) is 24.2 Å². The lowest BCUT2D eigenvalue weighted by Gasteiger charge is -2.28. The van der Waals surface area contributed by atoms with E-state index in [4.69, 9.17) is 18.5 Å². The molecule has 10 nitrogen and oxygen atoms in total. The van der Waals surface area contributed by atoms with Crippen LogP contribution < -0.4 is 4.89 Å². The van der Waals surface area contributed by atoms with Gasteiger partial charge in [-0.2, -0.15) is 0 Å². The second-order valence-electron chi connectivity index (χ2n) is 15.2. The Hall–Kier alpha value is -2.85. The fraction of sp³-hybridized carbons (Fsp3) is 0.652. The van der Waals surface area contributed by atoms with Gasteiger partial charge in [0, 0.05) is 12.8 Å². The molecule has 0 amide bonds. The van der Waals surface area contributed by atoms with Crippen molar-refractivity contribution in [2.75, 3.05) is 47.5 Å². The van der Waals surface area contributed by atoms with Gasteiger partial charge in [-0.3, -0.25) is 14.2 Å². The highest BCUT2D eigenvalue weighted by Crippen LogP contribution is 2.38. The number of likely N-dealkylation sites (N-methyl/N-ethyl adjacent to an activating group) is 1. The van der Waals surface area contributed by atoms with Gasteiger partial charge in [0.1, 0.15) is 19.8 Å². The van der Waals surface area contributed by atoms with Gasteiger partial charge in [-0.15, -0.1) is 0 Å². The molecular weight excluding hydrogens is 741 g/mol. The van der Waals surface area contributed by atoms with Crippen LogP contribution in [0.2, 0.25) is 0 Å². The first-order valence-corrected chi connectivity index (χ1v) is 22.9. The zero-order valence-corrected chi connectivity index (χ0v) is 37.0. The predicted molar refractivity (Wildman–Crippen MR) is 232 cm³/mol. The number of aliphatic hydroxyl groups excluding tert-OH is 1. The van der Waals surface area contributed by atoms with Crippen LogP contribution >= 0.6 is 7.82 Å². The van der Waals surface area contributed by atoms with E-state index in [-0.39, 0.29) is 26.1 Å². The average Bonchev–Trinajstić information content (AvgIpc) is 3.15. The summed E-state index contributed by atoms with van der Waals surface area (Å²) < 4.78 is 33.7. The lowest BCUT2D eigenvalue weighted by Crippen LogP contribution is -2.37. The zero-order chi connectivity index (χ0) is 42.3. The summed E-state index contributed by atoms with van der Waals surface area (Å²) >= 11 is 0. The van der Waals surface area contributed by atoms with Crippen molar-refractivity contribution in [1.82, 2.24) is 0 Å². The van der Waals surface area contributed by atoms with Crippen LogP contribution in [0.5, 0.6) is 0 Å². The molecule has 0 fully saturated rings. The minimum Gasteiger partial charge on any atom is -0.756 e. The quantitative estimate of drug-likeness (QED) is 0.0162. The Balaban J connectivity index is 4.62. The van der Waals surface area contributed by atoms with Gasteiger partial charge in [0.05, 0.1) is 33.9 Å². The summed E-state index contributed by atoms with van der Waals surface area (Å²) in [5.74, 6) is -0.994. The first kappa shape index (κ1) is 54.2. The van der Waals surface area contributed by atoms with Gasteiger partial charge in [-0.05, 0) is 83.5 Å². The Morgan fingerprint density at radius 1 is 0.649 bits per heavy atom. The van der Waals surface area contributed by atoms with E-state index >= 15 is 0 Å². The van der Waals surface area contributed by atoms with E-state index in [1.54, 1.807) is 6.08 Å². The first-order chi connectivity index (χ1) is 27.4. The molecule has 11 heteroatoms. The van der Waals surface area contributed by atoms with Crippen LogP contribution in [-0.2, 0) is 32.7 Å². The highest BCUT2D eigenvalue weighted by atomic mass is 31.2. The summed E-state index contributed by atoms with van der Waals surface area (Å²) in [7, 11) is 1.06. The standard InChI is InChI=1S/C46H78NO9P/c1-6-8-10-12-14-15-16-17-18-19-20-21-26-30-34-38-46(50)56-44(42-55-57(51,52)54-40-39-47(3,4)5)41-53-45(49)37-33-29-25-23-22-24-28-32-36-43(48)35-31-27-13-11-9-7-2/h14-15,17-18,20-21,23-25,27-28,31-32,36,43-44,48H,6-13,16,19,22,26,29-30,33-35,37-42H2,1-5H3/b15-14-,18-17-,21-20-,25-23-,28-24-,31-27-,36-32+/t43-,44-/m1/s1. The molecule has 0 saturated heterocycles. The van der Waals surface area contributed by atoms with E-state index in [0.29, 0.717) is 36.7 Å². The van der Waals surface area contributed by atoms with Crippen LogP contribution in [0, 0.1) is 0 Å². The summed E-state index contributed by atoms with van der Waals surface area (Å²) in [6.45, 7) is 3.93. The van der Waals surface area contributed by atoms with Gasteiger partial charge < -0.3 is 33.0 Å². The second kappa shape index (κ2) is 37.4. The normalized spacial score (nSPS) is 15.0. The molecule has 0 aromatic carbocycles. The summed E-state index contributed by atoms with van der Waals surface area (Å²) in [5, 5.41) is 10.0. The van der Waals surface area contributed by atoms with Gasteiger partial charge in [0.25, 0.3) is 7.82 Å². The number of aliphatic hydroxyl groups is 1.